The van der Waals surface area contributed by atoms with E-state index in [0.717, 1.165) is 46.0 Å². The molecular weight excluding hydrogens is 570 g/mol. The van der Waals surface area contributed by atoms with Crippen LogP contribution in [0, 0.1) is 6.92 Å². The van der Waals surface area contributed by atoms with Gasteiger partial charge in [-0.05, 0) is 75.9 Å². The molecule has 0 spiro atoms. The average Bonchev–Trinajstić information content (AvgIpc) is 3.77. The van der Waals surface area contributed by atoms with Gasteiger partial charge in [-0.15, -0.1) is 6.58 Å². The Hall–Kier alpha value is -4.23. The maximum Gasteiger partial charge on any atom is 0.253 e. The minimum Gasteiger partial charge on any atom is -0.394 e. The fraction of sp³-hybridized carbons (Fsp3) is 0.410. The van der Waals surface area contributed by atoms with Gasteiger partial charge in [0.15, 0.2) is 0 Å². The van der Waals surface area contributed by atoms with E-state index in [0.29, 0.717) is 12.1 Å². The number of carbonyl (C=O) groups is 1. The number of hydrogen-bond acceptors (Lipinski definition) is 5. The van der Waals surface area contributed by atoms with E-state index in [-0.39, 0.29) is 14.9 Å². The summed E-state index contributed by atoms with van der Waals surface area (Å²) in [6, 6.07) is 14.2. The number of allylic oxidation sites excluding steroid dienone is 2. The number of aliphatic imine (C=N–C) groups is 1. The molecule has 1 amide bonds. The number of pyridine rings is 1. The molecule has 3 heterocycles. The van der Waals surface area contributed by atoms with Crippen LogP contribution < -0.4 is 10.6 Å². The Morgan fingerprint density at radius 1 is 1.09 bits per heavy atom. The number of hydrogen-bond donors (Lipinski definition) is 4. The summed E-state index contributed by atoms with van der Waals surface area (Å²) >= 11 is 0. The fourth-order valence-electron chi connectivity index (χ4n) is 4.31. The maximum atomic E-state index is 12.1. The largest absolute Gasteiger partial charge is 0.394 e. The van der Waals surface area contributed by atoms with Crippen LogP contribution in [-0.2, 0) is 0 Å². The number of nitrogens with zero attached hydrogens (tertiary/aromatic N) is 2. The first-order valence-electron chi connectivity index (χ1n) is 16.7. The van der Waals surface area contributed by atoms with Gasteiger partial charge in [0, 0.05) is 50.9 Å². The minimum absolute atomic E-state index is 0. The number of rotatable bonds is 12. The summed E-state index contributed by atoms with van der Waals surface area (Å²) in [5.74, 6) is 0.752. The zero-order valence-electron chi connectivity index (χ0n) is 29.2. The van der Waals surface area contributed by atoms with Crippen molar-refractivity contribution in [3.8, 4) is 11.1 Å². The Morgan fingerprint density at radius 2 is 1.78 bits per heavy atom. The highest BCUT2D eigenvalue weighted by Gasteiger charge is 2.13. The Balaban J connectivity index is 0. The van der Waals surface area contributed by atoms with E-state index in [1.165, 1.54) is 38.5 Å². The third-order valence-electron chi connectivity index (χ3n) is 6.60. The highest BCUT2D eigenvalue weighted by atomic mass is 16.3. The van der Waals surface area contributed by atoms with Crippen molar-refractivity contribution in [1.82, 2.24) is 20.6 Å². The highest BCUT2D eigenvalue weighted by Crippen LogP contribution is 2.27. The van der Waals surface area contributed by atoms with Gasteiger partial charge >= 0.3 is 0 Å². The van der Waals surface area contributed by atoms with Crippen LogP contribution in [-0.4, -0.2) is 39.5 Å². The van der Waals surface area contributed by atoms with Gasteiger partial charge in [0.25, 0.3) is 5.91 Å². The number of unbranched alkanes of at least 4 members (excludes halogenated alkanes) is 5. The summed E-state index contributed by atoms with van der Waals surface area (Å²) in [7, 11) is 0. The maximum absolute atomic E-state index is 12.1. The van der Waals surface area contributed by atoms with Crippen LogP contribution in [0.5, 0.6) is 0 Å². The van der Waals surface area contributed by atoms with Crippen molar-refractivity contribution in [1.29, 1.82) is 0 Å². The van der Waals surface area contributed by atoms with Gasteiger partial charge in [0.2, 0.25) is 0 Å². The van der Waals surface area contributed by atoms with E-state index in [9.17, 15) is 4.79 Å². The molecule has 3 aromatic rings. The van der Waals surface area contributed by atoms with E-state index < -0.39 is 0 Å². The Morgan fingerprint density at radius 3 is 2.41 bits per heavy atom. The van der Waals surface area contributed by atoms with Crippen molar-refractivity contribution < 1.29 is 12.8 Å². The molecule has 0 unspecified atom stereocenters. The first-order valence-corrected chi connectivity index (χ1v) is 16.7. The van der Waals surface area contributed by atoms with Crippen molar-refractivity contribution in [3.05, 3.63) is 108 Å². The standard InChI is InChI=1S/C25H25N5O.C9H18.C3H8O.C2H6.2H2/c1-3-22(16-28-25(31)21-9-11-26-15-21)29-24-8-7-23(30-24)20-6-4-5-18(14-20)19-10-12-27-17(2)13-19;1-3-5-7-9-8-6-4-2;1-3(2)4;1-2;;/h3-7,9-15,26H,8,16H2,1-2H3,(H,28,31)(H,29,30);3H,1,4-9H2,2H3;3-4H,1-2H3;1-2H3;2*1H/b22-3-;;;;;. The molecule has 0 atom stereocenters. The molecule has 0 radical (unpaired) electrons. The summed E-state index contributed by atoms with van der Waals surface area (Å²) in [5, 5.41) is 14.3. The number of amidine groups is 1. The van der Waals surface area contributed by atoms with Crippen molar-refractivity contribution in [2.24, 2.45) is 4.99 Å². The van der Waals surface area contributed by atoms with Crippen LogP contribution in [0.3, 0.4) is 0 Å². The molecule has 0 fully saturated rings. The van der Waals surface area contributed by atoms with Crippen LogP contribution >= 0.6 is 0 Å². The molecule has 0 saturated heterocycles. The summed E-state index contributed by atoms with van der Waals surface area (Å²) in [6.07, 6.45) is 19.9. The number of aryl methyl sites for hydroxylation is 1. The second-order valence-electron chi connectivity index (χ2n) is 10.9. The molecule has 0 bridgehead atoms. The van der Waals surface area contributed by atoms with Gasteiger partial charge in [-0.2, -0.15) is 0 Å². The van der Waals surface area contributed by atoms with E-state index in [1.54, 1.807) is 32.3 Å². The predicted octanol–water partition coefficient (Wildman–Crippen LogP) is 9.89. The van der Waals surface area contributed by atoms with Gasteiger partial charge in [0.05, 0.1) is 17.8 Å². The number of nitrogens with one attached hydrogen (secondary N) is 3. The third-order valence-corrected chi connectivity index (χ3v) is 6.60. The van der Waals surface area contributed by atoms with Gasteiger partial charge < -0.3 is 20.7 Å². The zero-order chi connectivity index (χ0) is 34.2. The van der Waals surface area contributed by atoms with Gasteiger partial charge in [-0.1, -0.05) is 82.9 Å². The van der Waals surface area contributed by atoms with Crippen molar-refractivity contribution in [2.45, 2.75) is 99.5 Å². The van der Waals surface area contributed by atoms with E-state index in [4.69, 9.17) is 10.1 Å². The lowest BCUT2D eigenvalue weighted by molar-refractivity contribution is 0.0956. The third kappa shape index (κ3) is 16.2. The lowest BCUT2D eigenvalue weighted by Gasteiger charge is -2.11. The van der Waals surface area contributed by atoms with Crippen LogP contribution in [0.4, 0.5) is 0 Å². The Labute approximate surface area is 281 Å². The lowest BCUT2D eigenvalue weighted by atomic mass is 10.0. The molecule has 0 saturated carbocycles. The molecule has 2 aromatic heterocycles. The molecule has 254 valence electrons. The second kappa shape index (κ2) is 24.1. The molecule has 4 N–H and O–H groups in total. The first-order chi connectivity index (χ1) is 22.3. The van der Waals surface area contributed by atoms with Gasteiger partial charge in [0.1, 0.15) is 5.84 Å². The van der Waals surface area contributed by atoms with Crippen LogP contribution in [0.25, 0.3) is 16.8 Å². The second-order valence-corrected chi connectivity index (χ2v) is 10.9. The molecule has 1 aliphatic heterocycles. The summed E-state index contributed by atoms with van der Waals surface area (Å²) in [5.41, 5.74) is 6.82. The smallest absolute Gasteiger partial charge is 0.253 e. The van der Waals surface area contributed by atoms with Crippen molar-refractivity contribution >= 4 is 17.4 Å². The SMILES string of the molecule is C/C=C(/CNC(=O)c1cc[nH]c1)NC1=NC(c2cccc(-c3ccnc(C)c3)c2)=CC1.C=CCCCCCCC.CC.CC(C)O.[HH].[HH]. The monoisotopic (exact) mass is 631 g/mol. The van der Waals surface area contributed by atoms with Crippen LogP contribution in [0.2, 0.25) is 0 Å². The number of benzene rings is 1. The first kappa shape index (κ1) is 39.8. The molecule has 0 aliphatic carbocycles. The number of aliphatic hydroxyl groups is 1. The molecule has 46 heavy (non-hydrogen) atoms. The van der Waals surface area contributed by atoms with E-state index in [2.05, 4.69) is 70.5 Å². The van der Waals surface area contributed by atoms with E-state index >= 15 is 0 Å². The molecule has 7 nitrogen and oxygen atoms in total. The predicted molar refractivity (Wildman–Crippen MR) is 201 cm³/mol. The number of H-pyrrole nitrogens is 1. The molecular formula is C39H61N5O2. The number of carbonyl (C=O) groups excluding carboxylic acids is 1. The van der Waals surface area contributed by atoms with Gasteiger partial charge in [-0.25, -0.2) is 4.99 Å². The molecule has 7 heteroatoms. The topological polar surface area (TPSA) is 102 Å². The number of amides is 1. The summed E-state index contributed by atoms with van der Waals surface area (Å²) in [6.45, 7) is 17.7. The minimum atomic E-state index is -0.167. The van der Waals surface area contributed by atoms with E-state index in [1.807, 2.05) is 52.1 Å². The fourth-order valence-corrected chi connectivity index (χ4v) is 4.31. The summed E-state index contributed by atoms with van der Waals surface area (Å²) < 4.78 is 0. The average molecular weight is 632 g/mol. The van der Waals surface area contributed by atoms with Crippen LogP contribution in [0.1, 0.15) is 111 Å². The van der Waals surface area contributed by atoms with Crippen molar-refractivity contribution in [3.63, 3.8) is 0 Å². The molecule has 1 aromatic carbocycles. The van der Waals surface area contributed by atoms with Crippen LogP contribution in [0.15, 0.2) is 96.6 Å². The number of aromatic nitrogens is 2. The van der Waals surface area contributed by atoms with Crippen molar-refractivity contribution in [2.75, 3.05) is 6.54 Å². The highest BCUT2D eigenvalue weighted by molar-refractivity contribution is 5.96. The Kier molecular flexibility index (Phi) is 20.8. The Bertz CT molecular complexity index is 1380. The molecule has 4 rings (SSSR count). The quantitative estimate of drug-likeness (QED) is 0.118. The summed E-state index contributed by atoms with van der Waals surface area (Å²) in [4.78, 5) is 24.1. The zero-order valence-corrected chi connectivity index (χ0v) is 29.2. The number of aliphatic hydroxyl groups excluding tert-OH is 1. The lowest BCUT2D eigenvalue weighted by Crippen LogP contribution is -2.32. The molecule has 1 aliphatic rings. The normalized spacial score (nSPS) is 11.9. The number of aromatic amines is 1. The van der Waals surface area contributed by atoms with Gasteiger partial charge in [-0.3, -0.25) is 9.78 Å².